The first-order chi connectivity index (χ1) is 15.8. The molecular formula is C25H20Cl2F2O4. The maximum atomic E-state index is 13.6. The van der Waals surface area contributed by atoms with E-state index < -0.39 is 35.7 Å². The number of hydrogen-bond donors (Lipinski definition) is 1. The van der Waals surface area contributed by atoms with Gasteiger partial charge in [-0.3, -0.25) is 4.79 Å². The fourth-order valence-electron chi connectivity index (χ4n) is 3.95. The summed E-state index contributed by atoms with van der Waals surface area (Å²) in [6, 6.07) is 15.1. The minimum atomic E-state index is -0.800. The van der Waals surface area contributed by atoms with Crippen molar-refractivity contribution in [3.8, 4) is 5.75 Å². The molecule has 1 aliphatic rings. The molecule has 1 fully saturated rings. The zero-order valence-corrected chi connectivity index (χ0v) is 18.8. The Morgan fingerprint density at radius 2 is 1.58 bits per heavy atom. The van der Waals surface area contributed by atoms with Gasteiger partial charge in [-0.1, -0.05) is 47.5 Å². The number of hydrogen-bond acceptors (Lipinski definition) is 4. The molecule has 2 atom stereocenters. The highest BCUT2D eigenvalue weighted by Gasteiger charge is 2.29. The van der Waals surface area contributed by atoms with Crippen LogP contribution in [-0.4, -0.2) is 29.9 Å². The maximum Gasteiger partial charge on any atom is 0.308 e. The summed E-state index contributed by atoms with van der Waals surface area (Å²) >= 11 is 12.8. The molecule has 1 saturated heterocycles. The van der Waals surface area contributed by atoms with Crippen molar-refractivity contribution < 1.29 is 28.2 Å². The summed E-state index contributed by atoms with van der Waals surface area (Å²) in [6.45, 7) is -0.0310. The SMILES string of the molecule is O=C1C[C@H](O)CC(COc2c(Cl)cc(Cl)cc2C(c2ccc(F)cc2)c2ccc(F)cc2)O1. The number of cyclic esters (lactones) is 1. The first-order valence-corrected chi connectivity index (χ1v) is 11.1. The highest BCUT2D eigenvalue weighted by atomic mass is 35.5. The second-order valence-electron chi connectivity index (χ2n) is 7.86. The van der Waals surface area contributed by atoms with Gasteiger partial charge in [-0.25, -0.2) is 8.78 Å². The van der Waals surface area contributed by atoms with Crippen molar-refractivity contribution in [2.45, 2.75) is 31.0 Å². The average Bonchev–Trinajstić information content (AvgIpc) is 2.75. The summed E-state index contributed by atoms with van der Waals surface area (Å²) in [5, 5.41) is 10.5. The van der Waals surface area contributed by atoms with Crippen LogP contribution in [0.1, 0.15) is 35.4 Å². The van der Waals surface area contributed by atoms with Gasteiger partial charge in [0.2, 0.25) is 0 Å². The van der Waals surface area contributed by atoms with Crippen LogP contribution in [0.4, 0.5) is 8.78 Å². The molecule has 0 aromatic heterocycles. The van der Waals surface area contributed by atoms with Crippen molar-refractivity contribution in [1.29, 1.82) is 0 Å². The van der Waals surface area contributed by atoms with Gasteiger partial charge in [0.1, 0.15) is 30.1 Å². The molecule has 3 aromatic rings. The van der Waals surface area contributed by atoms with E-state index >= 15 is 0 Å². The lowest BCUT2D eigenvalue weighted by atomic mass is 9.84. The second kappa shape index (κ2) is 10.1. The lowest BCUT2D eigenvalue weighted by Crippen LogP contribution is -2.36. The predicted octanol–water partition coefficient (Wildman–Crippen LogP) is 5.90. The van der Waals surface area contributed by atoms with Gasteiger partial charge in [0, 0.05) is 22.9 Å². The largest absolute Gasteiger partial charge is 0.488 e. The van der Waals surface area contributed by atoms with Gasteiger partial charge in [0.05, 0.1) is 17.5 Å². The fourth-order valence-corrected chi connectivity index (χ4v) is 4.51. The Bertz CT molecular complexity index is 1090. The van der Waals surface area contributed by atoms with Crippen LogP contribution < -0.4 is 4.74 Å². The van der Waals surface area contributed by atoms with Gasteiger partial charge in [-0.05, 0) is 47.5 Å². The molecule has 8 heteroatoms. The highest BCUT2D eigenvalue weighted by Crippen LogP contribution is 2.43. The molecular weight excluding hydrogens is 473 g/mol. The van der Waals surface area contributed by atoms with Crippen LogP contribution in [0.25, 0.3) is 0 Å². The Balaban J connectivity index is 1.75. The van der Waals surface area contributed by atoms with Gasteiger partial charge in [0.15, 0.2) is 0 Å². The molecule has 1 aliphatic heterocycles. The van der Waals surface area contributed by atoms with E-state index in [0.717, 1.165) is 0 Å². The number of aliphatic hydroxyl groups excluding tert-OH is 1. The first kappa shape index (κ1) is 23.5. The number of carbonyl (C=O) groups is 1. The molecule has 1 heterocycles. The third-order valence-electron chi connectivity index (χ3n) is 5.40. The molecule has 172 valence electrons. The number of rotatable bonds is 6. The van der Waals surface area contributed by atoms with Crippen molar-refractivity contribution in [3.05, 3.63) is 99.0 Å². The van der Waals surface area contributed by atoms with Gasteiger partial charge < -0.3 is 14.6 Å². The summed E-state index contributed by atoms with van der Waals surface area (Å²) in [5.41, 5.74) is 2.00. The summed E-state index contributed by atoms with van der Waals surface area (Å²) < 4.78 is 38.5. The van der Waals surface area contributed by atoms with Crippen LogP contribution in [0.2, 0.25) is 10.0 Å². The number of carbonyl (C=O) groups excluding carboxylic acids is 1. The van der Waals surface area contributed by atoms with Gasteiger partial charge in [-0.15, -0.1) is 0 Å². The minimum absolute atomic E-state index is 0.0310. The molecule has 4 nitrogen and oxygen atoms in total. The zero-order chi connectivity index (χ0) is 23.5. The average molecular weight is 493 g/mol. The van der Waals surface area contributed by atoms with Crippen LogP contribution in [0, 0.1) is 11.6 Å². The summed E-state index contributed by atoms with van der Waals surface area (Å²) in [5.74, 6) is -1.49. The smallest absolute Gasteiger partial charge is 0.308 e. The molecule has 0 amide bonds. The number of benzene rings is 3. The minimum Gasteiger partial charge on any atom is -0.488 e. The van der Waals surface area contributed by atoms with Gasteiger partial charge in [-0.2, -0.15) is 0 Å². The quantitative estimate of drug-likeness (QED) is 0.344. The highest BCUT2D eigenvalue weighted by molar-refractivity contribution is 6.35. The van der Waals surface area contributed by atoms with E-state index in [1.165, 1.54) is 30.3 Å². The lowest BCUT2D eigenvalue weighted by molar-refractivity contribution is -0.162. The monoisotopic (exact) mass is 492 g/mol. The zero-order valence-electron chi connectivity index (χ0n) is 17.3. The molecule has 3 aromatic carbocycles. The van der Waals surface area contributed by atoms with Crippen LogP contribution in [0.3, 0.4) is 0 Å². The number of esters is 1. The van der Waals surface area contributed by atoms with Crippen molar-refractivity contribution in [3.63, 3.8) is 0 Å². The number of aliphatic hydroxyl groups is 1. The fraction of sp³-hybridized carbons (Fsp3) is 0.240. The van der Waals surface area contributed by atoms with Crippen molar-refractivity contribution >= 4 is 29.2 Å². The molecule has 0 spiro atoms. The van der Waals surface area contributed by atoms with Gasteiger partial charge in [0.25, 0.3) is 0 Å². The van der Waals surface area contributed by atoms with E-state index in [4.69, 9.17) is 32.7 Å². The van der Waals surface area contributed by atoms with Crippen molar-refractivity contribution in [1.82, 2.24) is 0 Å². The summed E-state index contributed by atoms with van der Waals surface area (Å²) in [6.07, 6.45) is -1.26. The first-order valence-electron chi connectivity index (χ1n) is 10.3. The van der Waals surface area contributed by atoms with E-state index in [0.29, 0.717) is 27.5 Å². The summed E-state index contributed by atoms with van der Waals surface area (Å²) in [7, 11) is 0. The van der Waals surface area contributed by atoms with E-state index in [1.54, 1.807) is 30.3 Å². The third-order valence-corrected chi connectivity index (χ3v) is 5.90. The Hall–Kier alpha value is -2.67. The molecule has 33 heavy (non-hydrogen) atoms. The van der Waals surface area contributed by atoms with E-state index in [-0.39, 0.29) is 24.5 Å². The summed E-state index contributed by atoms with van der Waals surface area (Å²) in [4.78, 5) is 11.7. The Morgan fingerprint density at radius 1 is 1.00 bits per heavy atom. The Morgan fingerprint density at radius 3 is 2.12 bits per heavy atom. The predicted molar refractivity (Wildman–Crippen MR) is 121 cm³/mol. The third kappa shape index (κ3) is 5.64. The number of ether oxygens (including phenoxy) is 2. The van der Waals surface area contributed by atoms with Crippen LogP contribution in [0.5, 0.6) is 5.75 Å². The van der Waals surface area contributed by atoms with Gasteiger partial charge >= 0.3 is 5.97 Å². The molecule has 0 bridgehead atoms. The molecule has 0 aliphatic carbocycles. The molecule has 4 rings (SSSR count). The Labute approximate surface area is 199 Å². The molecule has 1 N–H and O–H groups in total. The van der Waals surface area contributed by atoms with E-state index in [1.807, 2.05) is 0 Å². The van der Waals surface area contributed by atoms with Crippen LogP contribution in [-0.2, 0) is 9.53 Å². The second-order valence-corrected chi connectivity index (χ2v) is 8.70. The van der Waals surface area contributed by atoms with Crippen LogP contribution in [0.15, 0.2) is 60.7 Å². The lowest BCUT2D eigenvalue weighted by Gasteiger charge is -2.27. The molecule has 1 unspecified atom stereocenters. The Kier molecular flexibility index (Phi) is 7.17. The maximum absolute atomic E-state index is 13.6. The van der Waals surface area contributed by atoms with E-state index in [2.05, 4.69) is 0 Å². The van der Waals surface area contributed by atoms with Crippen molar-refractivity contribution in [2.75, 3.05) is 6.61 Å². The topological polar surface area (TPSA) is 55.8 Å². The van der Waals surface area contributed by atoms with Crippen molar-refractivity contribution in [2.24, 2.45) is 0 Å². The molecule has 0 radical (unpaired) electrons. The molecule has 0 saturated carbocycles. The van der Waals surface area contributed by atoms with Crippen LogP contribution >= 0.6 is 23.2 Å². The standard InChI is InChI=1S/C25H20Cl2F2O4/c26-16-9-21(25(22(27)10-16)32-13-20-11-19(30)12-23(31)33-20)24(14-1-5-17(28)6-2-14)15-3-7-18(29)8-4-15/h1-10,19-20,24,30H,11-13H2/t19-,20?/m1/s1. The normalized spacial score (nSPS) is 18.3. The van der Waals surface area contributed by atoms with E-state index in [9.17, 15) is 18.7 Å². The number of halogens is 4.